The van der Waals surface area contributed by atoms with E-state index in [0.717, 1.165) is 17.7 Å². The number of rotatable bonds is 5. The van der Waals surface area contributed by atoms with Crippen molar-refractivity contribution in [2.45, 2.75) is 38.3 Å². The molecule has 7 nitrogen and oxygen atoms in total. The fraction of sp³-hybridized carbons (Fsp3) is 0.750. The maximum atomic E-state index is 12.2. The molecule has 8 heteroatoms. The summed E-state index contributed by atoms with van der Waals surface area (Å²) in [5.74, 6) is -0.489. The highest BCUT2D eigenvalue weighted by Crippen LogP contribution is 2.42. The van der Waals surface area contributed by atoms with Crippen LogP contribution in [0.3, 0.4) is 0 Å². The van der Waals surface area contributed by atoms with Gasteiger partial charge in [-0.05, 0) is 32.6 Å². The molecular formula is C12H21ClN4O3. The minimum Gasteiger partial charge on any atom is -0.351 e. The van der Waals surface area contributed by atoms with Gasteiger partial charge in [-0.25, -0.2) is 4.79 Å². The largest absolute Gasteiger partial charge is 0.351 e. The van der Waals surface area contributed by atoms with Gasteiger partial charge in [0.25, 0.3) is 5.91 Å². The number of nitrogens with two attached hydrogens (primary N) is 1. The van der Waals surface area contributed by atoms with Gasteiger partial charge in [0.05, 0.1) is 0 Å². The number of imide groups is 1. The van der Waals surface area contributed by atoms with E-state index in [-0.39, 0.29) is 42.7 Å². The summed E-state index contributed by atoms with van der Waals surface area (Å²) in [4.78, 5) is 36.8. The predicted octanol–water partition coefficient (Wildman–Crippen LogP) is -0.408. The summed E-state index contributed by atoms with van der Waals surface area (Å²) in [6, 6.07) is -0.668. The molecule has 1 saturated carbocycles. The Bertz CT molecular complexity index is 427. The number of hydrogen-bond donors (Lipinski definition) is 3. The van der Waals surface area contributed by atoms with Crippen molar-refractivity contribution in [2.75, 3.05) is 13.1 Å². The van der Waals surface area contributed by atoms with E-state index in [9.17, 15) is 14.4 Å². The lowest BCUT2D eigenvalue weighted by atomic mass is 9.96. The predicted molar refractivity (Wildman–Crippen MR) is 75.3 cm³/mol. The van der Waals surface area contributed by atoms with E-state index in [0.29, 0.717) is 6.54 Å². The summed E-state index contributed by atoms with van der Waals surface area (Å²) < 4.78 is 0. The van der Waals surface area contributed by atoms with Crippen molar-refractivity contribution in [1.29, 1.82) is 0 Å². The van der Waals surface area contributed by atoms with E-state index in [4.69, 9.17) is 5.73 Å². The van der Waals surface area contributed by atoms with Crippen LogP contribution < -0.4 is 16.4 Å². The molecule has 0 spiro atoms. The van der Waals surface area contributed by atoms with Gasteiger partial charge in [0.1, 0.15) is 12.1 Å². The molecule has 2 atom stereocenters. The van der Waals surface area contributed by atoms with Gasteiger partial charge in [-0.3, -0.25) is 14.5 Å². The summed E-state index contributed by atoms with van der Waals surface area (Å²) in [6.07, 6.45) is 1.87. The van der Waals surface area contributed by atoms with Gasteiger partial charge in [-0.2, -0.15) is 0 Å². The first-order valence-electron chi connectivity index (χ1n) is 6.52. The first kappa shape index (κ1) is 16.7. The Balaban J connectivity index is 0.00000200. The smallest absolute Gasteiger partial charge is 0.325 e. The zero-order chi connectivity index (χ0) is 14.2. The molecule has 1 aliphatic carbocycles. The highest BCUT2D eigenvalue weighted by molar-refractivity contribution is 6.09. The van der Waals surface area contributed by atoms with Gasteiger partial charge >= 0.3 is 6.03 Å². The Morgan fingerprint density at radius 1 is 1.55 bits per heavy atom. The molecule has 1 heterocycles. The van der Waals surface area contributed by atoms with Crippen LogP contribution in [0.25, 0.3) is 0 Å². The van der Waals surface area contributed by atoms with Gasteiger partial charge in [0.15, 0.2) is 0 Å². The molecule has 0 aromatic heterocycles. The van der Waals surface area contributed by atoms with Crippen LogP contribution in [0.5, 0.6) is 0 Å². The molecule has 20 heavy (non-hydrogen) atoms. The zero-order valence-corrected chi connectivity index (χ0v) is 12.5. The van der Waals surface area contributed by atoms with Crippen molar-refractivity contribution in [3.8, 4) is 0 Å². The fourth-order valence-electron chi connectivity index (χ4n) is 2.32. The molecule has 2 aliphatic rings. The molecule has 0 bridgehead atoms. The van der Waals surface area contributed by atoms with Crippen LogP contribution in [-0.2, 0) is 9.59 Å². The van der Waals surface area contributed by atoms with Crippen molar-refractivity contribution in [3.05, 3.63) is 0 Å². The second-order valence-corrected chi connectivity index (χ2v) is 5.50. The van der Waals surface area contributed by atoms with E-state index in [2.05, 4.69) is 10.6 Å². The average molecular weight is 305 g/mol. The maximum absolute atomic E-state index is 12.2. The number of nitrogens with zero attached hydrogens (tertiary/aromatic N) is 1. The Hall–Kier alpha value is -1.34. The molecule has 0 aromatic carbocycles. The number of nitrogens with one attached hydrogen (secondary N) is 2. The van der Waals surface area contributed by atoms with Gasteiger partial charge in [-0.1, -0.05) is 0 Å². The Labute approximate surface area is 124 Å². The first-order valence-corrected chi connectivity index (χ1v) is 6.52. The lowest BCUT2D eigenvalue weighted by Crippen LogP contribution is -2.48. The monoisotopic (exact) mass is 304 g/mol. The number of halogens is 1. The maximum Gasteiger partial charge on any atom is 0.325 e. The molecule has 0 aromatic rings. The van der Waals surface area contributed by atoms with E-state index in [1.165, 1.54) is 0 Å². The van der Waals surface area contributed by atoms with E-state index in [1.54, 1.807) is 13.8 Å². The number of carbonyl (C=O) groups is 3. The summed E-state index contributed by atoms with van der Waals surface area (Å²) in [7, 11) is 0. The molecule has 4 N–H and O–H groups in total. The second kappa shape index (κ2) is 5.97. The van der Waals surface area contributed by atoms with Crippen LogP contribution in [0.2, 0.25) is 0 Å². The van der Waals surface area contributed by atoms with E-state index in [1.807, 2.05) is 0 Å². The number of carbonyl (C=O) groups excluding carboxylic acids is 3. The topological polar surface area (TPSA) is 105 Å². The lowest BCUT2D eigenvalue weighted by molar-refractivity contribution is -0.135. The van der Waals surface area contributed by atoms with Crippen LogP contribution >= 0.6 is 12.4 Å². The summed E-state index contributed by atoms with van der Waals surface area (Å²) in [6.45, 7) is 3.55. The quantitative estimate of drug-likeness (QED) is 0.601. The third kappa shape index (κ3) is 3.04. The normalized spacial score (nSPS) is 26.9. The molecular weight excluding hydrogens is 284 g/mol. The fourth-order valence-corrected chi connectivity index (χ4v) is 2.32. The van der Waals surface area contributed by atoms with Crippen LogP contribution in [0.15, 0.2) is 0 Å². The molecule has 1 saturated heterocycles. The molecule has 2 fully saturated rings. The Kier molecular flexibility index (Phi) is 4.99. The highest BCUT2D eigenvalue weighted by atomic mass is 35.5. The Morgan fingerprint density at radius 2 is 2.15 bits per heavy atom. The zero-order valence-electron chi connectivity index (χ0n) is 11.6. The second-order valence-electron chi connectivity index (χ2n) is 5.50. The van der Waals surface area contributed by atoms with Crippen LogP contribution in [-0.4, -0.2) is 47.4 Å². The van der Waals surface area contributed by atoms with Crippen molar-refractivity contribution < 1.29 is 14.4 Å². The minimum absolute atomic E-state index is 0. The van der Waals surface area contributed by atoms with Crippen molar-refractivity contribution in [1.82, 2.24) is 15.5 Å². The number of amides is 4. The molecule has 1 aliphatic heterocycles. The van der Waals surface area contributed by atoms with Crippen LogP contribution in [0, 0.1) is 5.92 Å². The lowest BCUT2D eigenvalue weighted by Gasteiger charge is -2.21. The SMILES string of the molecule is C[C@@H](CN)NC(=O)CN1C(=O)NC(C)(C2CC2)C1=O.Cl. The third-order valence-electron chi connectivity index (χ3n) is 3.76. The Morgan fingerprint density at radius 3 is 2.65 bits per heavy atom. The van der Waals surface area contributed by atoms with E-state index < -0.39 is 11.6 Å². The summed E-state index contributed by atoms with van der Waals surface area (Å²) in [5.41, 5.74) is 4.56. The molecule has 114 valence electrons. The standard InChI is InChI=1S/C12H20N4O3.ClH/c1-7(5-13)14-9(17)6-16-10(18)12(2,8-3-4-8)15-11(16)19;/h7-8H,3-6,13H2,1-2H3,(H,14,17)(H,15,19);1H/t7-,12?;/m0./s1. The summed E-state index contributed by atoms with van der Waals surface area (Å²) in [5, 5.41) is 5.33. The minimum atomic E-state index is -0.836. The van der Waals surface area contributed by atoms with Gasteiger partial charge in [0.2, 0.25) is 5.91 Å². The van der Waals surface area contributed by atoms with Crippen molar-refractivity contribution in [2.24, 2.45) is 11.7 Å². The number of hydrogen-bond acceptors (Lipinski definition) is 4. The highest BCUT2D eigenvalue weighted by Gasteiger charge is 2.56. The van der Waals surface area contributed by atoms with Crippen LogP contribution in [0.4, 0.5) is 4.79 Å². The van der Waals surface area contributed by atoms with Crippen molar-refractivity contribution >= 4 is 30.3 Å². The van der Waals surface area contributed by atoms with Gasteiger partial charge in [0, 0.05) is 12.6 Å². The third-order valence-corrected chi connectivity index (χ3v) is 3.76. The number of urea groups is 1. The van der Waals surface area contributed by atoms with Crippen molar-refractivity contribution in [3.63, 3.8) is 0 Å². The average Bonchev–Trinajstić information content (AvgIpc) is 3.15. The van der Waals surface area contributed by atoms with Gasteiger partial charge in [-0.15, -0.1) is 12.4 Å². The first-order chi connectivity index (χ1) is 8.88. The van der Waals surface area contributed by atoms with E-state index >= 15 is 0 Å². The van der Waals surface area contributed by atoms with Gasteiger partial charge < -0.3 is 16.4 Å². The molecule has 2 rings (SSSR count). The molecule has 0 radical (unpaired) electrons. The summed E-state index contributed by atoms with van der Waals surface area (Å²) >= 11 is 0. The molecule has 4 amide bonds. The van der Waals surface area contributed by atoms with Crippen LogP contribution in [0.1, 0.15) is 26.7 Å². The molecule has 1 unspecified atom stereocenters.